The third-order valence-electron chi connectivity index (χ3n) is 4.45. The van der Waals surface area contributed by atoms with Crippen LogP contribution in [-0.2, 0) is 53.9 Å². The molecule has 0 bridgehead atoms. The fraction of sp³-hybridized carbons (Fsp3) is 0.111. The molecule has 4 rings (SSSR count). The maximum absolute atomic E-state index is 7.50. The summed E-state index contributed by atoms with van der Waals surface area (Å²) in [5, 5.41) is 11.4. The maximum atomic E-state index is 7.50. The second-order valence-corrected chi connectivity index (χ2v) is 7.50. The van der Waals surface area contributed by atoms with Crippen molar-refractivity contribution in [3.63, 3.8) is 0 Å². The molecule has 0 N–H and O–H groups in total. The molecule has 10 heteroatoms. The Morgan fingerprint density at radius 1 is 0.784 bits per heavy atom. The predicted octanol–water partition coefficient (Wildman–Crippen LogP) is 4.02. The summed E-state index contributed by atoms with van der Waals surface area (Å²) in [5.74, 6) is 0. The monoisotopic (exact) mass is 665 g/mol. The van der Waals surface area contributed by atoms with Crippen LogP contribution in [-0.4, -0.2) is 25.7 Å². The second-order valence-electron chi connectivity index (χ2n) is 6.17. The Bertz CT molecular complexity index is 1280. The van der Waals surface area contributed by atoms with Crippen molar-refractivity contribution in [2.24, 2.45) is 0 Å². The van der Waals surface area contributed by atoms with Crippen LogP contribution in [0.1, 0.15) is 18.2 Å². The molecule has 1 heterocycles. The van der Waals surface area contributed by atoms with Crippen molar-refractivity contribution in [1.82, 2.24) is 15.0 Å². The fourth-order valence-electron chi connectivity index (χ4n) is 3.23. The van der Waals surface area contributed by atoms with E-state index in [0.717, 1.165) is 21.0 Å². The molecule has 3 aromatic carbocycles. The van der Waals surface area contributed by atoms with Gasteiger partial charge >= 0.3 is 226 Å². The molecule has 0 spiro atoms. The van der Waals surface area contributed by atoms with E-state index in [1.165, 1.54) is 35.7 Å². The molecule has 0 saturated heterocycles. The van der Waals surface area contributed by atoms with Gasteiger partial charge in [-0.25, -0.2) is 0 Å². The summed E-state index contributed by atoms with van der Waals surface area (Å²) < 4.78 is 46.1. The van der Waals surface area contributed by atoms with Gasteiger partial charge in [0.05, 0.1) is 0 Å². The van der Waals surface area contributed by atoms with Crippen molar-refractivity contribution in [3.05, 3.63) is 117 Å². The molecule has 1 aromatic heterocycles. The zero-order valence-electron chi connectivity index (χ0n) is 19.5. The number of rotatable bonds is 6. The van der Waals surface area contributed by atoms with Crippen LogP contribution >= 0.6 is 0 Å². The molecule has 184 valence electrons. The summed E-state index contributed by atoms with van der Waals surface area (Å²) >= 11 is 1.25. The third kappa shape index (κ3) is 10.4. The Labute approximate surface area is 225 Å². The summed E-state index contributed by atoms with van der Waals surface area (Å²) in [7, 11) is 0. The molecule has 0 aliphatic carbocycles. The van der Waals surface area contributed by atoms with Gasteiger partial charge in [0.25, 0.3) is 0 Å². The number of aromatic nitrogens is 3. The van der Waals surface area contributed by atoms with E-state index in [9.17, 15) is 0 Å². The zero-order valence-corrected chi connectivity index (χ0v) is 22.5. The number of fused-ring (bicyclic) bond motifs is 1. The third-order valence-corrected chi connectivity index (χ3v) is 5.57. The van der Waals surface area contributed by atoms with E-state index in [4.69, 9.17) is 28.0 Å². The molecule has 9 nitrogen and oxygen atoms in total. The summed E-state index contributed by atoms with van der Waals surface area (Å²) in [6.07, 6.45) is 0. The van der Waals surface area contributed by atoms with Crippen LogP contribution in [0, 0.1) is 33.3 Å². The van der Waals surface area contributed by atoms with Gasteiger partial charge < -0.3 is 0 Å². The molecule has 0 saturated carbocycles. The minimum atomic E-state index is 0.628. The first-order valence-corrected chi connectivity index (χ1v) is 11.4. The molecular formula is C27H19N3O6W. The number of benzene rings is 3. The van der Waals surface area contributed by atoms with Crippen LogP contribution in [0.15, 0.2) is 72.8 Å². The van der Waals surface area contributed by atoms with Gasteiger partial charge in [0.2, 0.25) is 0 Å². The molecule has 0 aliphatic heterocycles. The summed E-state index contributed by atoms with van der Waals surface area (Å²) in [6, 6.07) is 25.1. The van der Waals surface area contributed by atoms with Gasteiger partial charge in [0.1, 0.15) is 0 Å². The molecule has 0 radical (unpaired) electrons. The van der Waals surface area contributed by atoms with Crippen molar-refractivity contribution < 1.29 is 47.4 Å². The molecule has 0 unspecified atom stereocenters. The van der Waals surface area contributed by atoms with Gasteiger partial charge in [-0.3, -0.25) is 0 Å². The number of hydrogen-bond acceptors (Lipinski definition) is 3. The molecule has 0 aliphatic rings. The van der Waals surface area contributed by atoms with Crippen LogP contribution in [0.4, 0.5) is 0 Å². The minimum absolute atomic E-state index is 0.628. The van der Waals surface area contributed by atoms with Gasteiger partial charge in [-0.15, -0.1) is 0 Å². The topological polar surface area (TPSA) is 139 Å². The predicted molar refractivity (Wildman–Crippen MR) is 124 cm³/mol. The van der Waals surface area contributed by atoms with Crippen molar-refractivity contribution in [3.8, 4) is 11.3 Å². The Morgan fingerprint density at radius 3 is 1.92 bits per heavy atom. The van der Waals surface area contributed by atoms with E-state index < -0.39 is 0 Å². The quantitative estimate of drug-likeness (QED) is 0.227. The van der Waals surface area contributed by atoms with E-state index in [1.54, 1.807) is 0 Å². The first-order chi connectivity index (χ1) is 18.3. The van der Waals surface area contributed by atoms with Crippen LogP contribution in [0.2, 0.25) is 0 Å². The van der Waals surface area contributed by atoms with Gasteiger partial charge in [-0.1, -0.05) is 0 Å². The van der Waals surface area contributed by atoms with Crippen molar-refractivity contribution in [2.75, 3.05) is 6.61 Å². The number of hydrogen-bond donors (Lipinski definition) is 0. The Balaban J connectivity index is 0. The molecular weight excluding hydrogens is 646 g/mol. The molecule has 0 amide bonds. The van der Waals surface area contributed by atoms with E-state index in [0.29, 0.717) is 13.2 Å². The Kier molecular flexibility index (Phi) is 21.8. The van der Waals surface area contributed by atoms with Crippen LogP contribution in [0.3, 0.4) is 0 Å². The van der Waals surface area contributed by atoms with E-state index in [2.05, 4.69) is 98.2 Å². The molecule has 0 fully saturated rings. The Morgan fingerprint density at radius 2 is 1.32 bits per heavy atom. The van der Waals surface area contributed by atoms with Crippen LogP contribution in [0.5, 0.6) is 0 Å². The van der Waals surface area contributed by atoms with Crippen LogP contribution < -0.4 is 0 Å². The first-order valence-electron chi connectivity index (χ1n) is 9.92. The van der Waals surface area contributed by atoms with Crippen molar-refractivity contribution in [2.45, 2.75) is 13.5 Å². The van der Waals surface area contributed by atoms with Crippen molar-refractivity contribution >= 4 is 14.9 Å². The van der Waals surface area contributed by atoms with Gasteiger partial charge in [0.15, 0.2) is 0 Å². The normalized spacial score (nSPS) is 8.30. The number of ether oxygens (including phenoxy) is 1. The fourth-order valence-corrected chi connectivity index (χ4v) is 4.15. The van der Waals surface area contributed by atoms with E-state index >= 15 is 0 Å². The van der Waals surface area contributed by atoms with Crippen LogP contribution in [0.25, 0.3) is 22.0 Å². The summed E-state index contributed by atoms with van der Waals surface area (Å²) in [4.78, 5) is 0. The zero-order chi connectivity index (χ0) is 28.6. The van der Waals surface area contributed by atoms with E-state index in [-0.39, 0.29) is 0 Å². The summed E-state index contributed by atoms with van der Waals surface area (Å²) in [6.45, 7) is 25.8. The molecule has 0 atom stereocenters. The first kappa shape index (κ1) is 35.4. The average molecular weight is 665 g/mol. The standard InChI is InChI=1S/C22H19N3O.5CO.W/c1-2-26-16-21-22(18-10-4-3-5-11-18)25(24-23-21)15-19-13-8-12-17-9-6-7-14-20(17)19;5*1-2;/h3-14H,2,15H2,1H3;;;;;;. The van der Waals surface area contributed by atoms with Gasteiger partial charge in [-0.05, 0) is 0 Å². The van der Waals surface area contributed by atoms with Gasteiger partial charge in [-0.2, -0.15) is 0 Å². The van der Waals surface area contributed by atoms with E-state index in [1.807, 2.05) is 29.8 Å². The molecule has 4 aromatic rings. The second kappa shape index (κ2) is 22.7. The number of nitrogens with zero attached hydrogens (tertiary/aromatic N) is 3. The Hall–Kier alpha value is -3.72. The van der Waals surface area contributed by atoms with Crippen molar-refractivity contribution in [1.29, 1.82) is 0 Å². The van der Waals surface area contributed by atoms with Gasteiger partial charge in [0, 0.05) is 0 Å². The molecule has 37 heavy (non-hydrogen) atoms. The average Bonchev–Trinajstić information content (AvgIpc) is 3.43. The summed E-state index contributed by atoms with van der Waals surface area (Å²) in [5.41, 5.74) is 4.15. The SMILES string of the molecule is CCO[C](=[W])c1nnn(Cc2cccc3ccccc23)c1-c1ccccc1.[C-]#[O+].[C-]#[O+].[C-]#[O+].[C-]#[O+].[C-]#[O+].